The number of halogens is 6. The summed E-state index contributed by atoms with van der Waals surface area (Å²) in [6.07, 6.45) is -10.5. The SMILES string of the molecule is NC(=O)C(F)(C(F)F)C(F)(F)F. The number of alkyl halides is 6. The molecular formula is C4H3F6NO. The minimum atomic E-state index is -5.99. The maximum atomic E-state index is 12.2. The van der Waals surface area contributed by atoms with Gasteiger partial charge < -0.3 is 5.73 Å². The molecule has 0 aromatic heterocycles. The van der Waals surface area contributed by atoms with Crippen molar-refractivity contribution < 1.29 is 31.1 Å². The van der Waals surface area contributed by atoms with Gasteiger partial charge in [-0.05, 0) is 0 Å². The van der Waals surface area contributed by atoms with Crippen LogP contribution >= 0.6 is 0 Å². The van der Waals surface area contributed by atoms with Crippen LogP contribution in [0, 0.1) is 0 Å². The Morgan fingerprint density at radius 2 is 1.50 bits per heavy atom. The number of rotatable bonds is 2. The van der Waals surface area contributed by atoms with Crippen molar-refractivity contribution in [3.8, 4) is 0 Å². The van der Waals surface area contributed by atoms with Gasteiger partial charge in [-0.15, -0.1) is 0 Å². The van der Waals surface area contributed by atoms with Gasteiger partial charge in [0.2, 0.25) is 0 Å². The third kappa shape index (κ3) is 1.46. The Morgan fingerprint density at radius 1 is 1.17 bits per heavy atom. The zero-order valence-electron chi connectivity index (χ0n) is 5.33. The summed E-state index contributed by atoms with van der Waals surface area (Å²) in [6.45, 7) is 0. The molecule has 0 radical (unpaired) electrons. The molecule has 1 amide bonds. The van der Waals surface area contributed by atoms with E-state index in [-0.39, 0.29) is 0 Å². The van der Waals surface area contributed by atoms with Crippen molar-refractivity contribution >= 4 is 5.91 Å². The van der Waals surface area contributed by atoms with Crippen LogP contribution in [0.4, 0.5) is 26.3 Å². The lowest BCUT2D eigenvalue weighted by Gasteiger charge is -2.23. The highest BCUT2D eigenvalue weighted by atomic mass is 19.4. The summed E-state index contributed by atoms with van der Waals surface area (Å²) >= 11 is 0. The predicted molar refractivity (Wildman–Crippen MR) is 25.1 cm³/mol. The van der Waals surface area contributed by atoms with E-state index in [0.29, 0.717) is 0 Å². The first kappa shape index (κ1) is 11.0. The molecule has 0 fully saturated rings. The van der Waals surface area contributed by atoms with Crippen molar-refractivity contribution in [3.63, 3.8) is 0 Å². The Balaban J connectivity index is 5.02. The summed E-state index contributed by atoms with van der Waals surface area (Å²) in [5, 5.41) is 0. The molecule has 2 N–H and O–H groups in total. The fourth-order valence-electron chi connectivity index (χ4n) is 0.371. The second kappa shape index (κ2) is 2.83. The van der Waals surface area contributed by atoms with E-state index < -0.39 is 24.2 Å². The molecule has 0 aliphatic heterocycles. The minimum absolute atomic E-state index is 2.75. The van der Waals surface area contributed by atoms with E-state index in [1.54, 1.807) is 0 Å². The minimum Gasteiger partial charge on any atom is -0.366 e. The molecule has 12 heavy (non-hydrogen) atoms. The molecule has 0 spiro atoms. The molecule has 72 valence electrons. The van der Waals surface area contributed by atoms with Crippen molar-refractivity contribution in [1.82, 2.24) is 0 Å². The number of amides is 1. The van der Waals surface area contributed by atoms with Gasteiger partial charge in [0.05, 0.1) is 0 Å². The Morgan fingerprint density at radius 3 is 1.50 bits per heavy atom. The van der Waals surface area contributed by atoms with Gasteiger partial charge in [0.25, 0.3) is 12.3 Å². The molecule has 0 aromatic rings. The first-order valence-electron chi connectivity index (χ1n) is 2.47. The molecule has 2 nitrogen and oxygen atoms in total. The Labute approximate surface area is 62.3 Å². The molecule has 0 heterocycles. The van der Waals surface area contributed by atoms with Gasteiger partial charge >= 0.3 is 11.8 Å². The first-order chi connectivity index (χ1) is 5.14. The number of carbonyl (C=O) groups excluding carboxylic acids is 1. The van der Waals surface area contributed by atoms with Crippen molar-refractivity contribution in [2.45, 2.75) is 18.3 Å². The Kier molecular flexibility index (Phi) is 2.61. The van der Waals surface area contributed by atoms with E-state index >= 15 is 0 Å². The van der Waals surface area contributed by atoms with Crippen molar-refractivity contribution in [2.75, 3.05) is 0 Å². The van der Waals surface area contributed by atoms with Gasteiger partial charge in [-0.25, -0.2) is 13.2 Å². The van der Waals surface area contributed by atoms with Crippen LogP contribution in [0.5, 0.6) is 0 Å². The zero-order chi connectivity index (χ0) is 10.2. The molecule has 1 atom stereocenters. The van der Waals surface area contributed by atoms with E-state index in [0.717, 1.165) is 0 Å². The van der Waals surface area contributed by atoms with Crippen LogP contribution in [-0.2, 0) is 4.79 Å². The van der Waals surface area contributed by atoms with Crippen molar-refractivity contribution in [2.24, 2.45) is 5.73 Å². The number of hydrogen-bond donors (Lipinski definition) is 1. The van der Waals surface area contributed by atoms with Crippen molar-refractivity contribution in [3.05, 3.63) is 0 Å². The molecule has 0 saturated heterocycles. The summed E-state index contributed by atoms with van der Waals surface area (Å²) in [5.74, 6) is -2.75. The molecule has 8 heteroatoms. The quantitative estimate of drug-likeness (QED) is 0.656. The molecule has 0 rings (SSSR count). The van der Waals surface area contributed by atoms with E-state index in [9.17, 15) is 31.1 Å². The van der Waals surface area contributed by atoms with Gasteiger partial charge in [0.15, 0.2) is 0 Å². The van der Waals surface area contributed by atoms with Crippen LogP contribution < -0.4 is 5.73 Å². The molecule has 0 aromatic carbocycles. The van der Waals surface area contributed by atoms with Crippen molar-refractivity contribution in [1.29, 1.82) is 0 Å². The lowest BCUT2D eigenvalue weighted by atomic mass is 10.1. The van der Waals surface area contributed by atoms with Gasteiger partial charge in [0, 0.05) is 0 Å². The molecule has 0 bridgehead atoms. The van der Waals surface area contributed by atoms with E-state index in [1.165, 1.54) is 0 Å². The average Bonchev–Trinajstić information content (AvgIpc) is 1.82. The van der Waals surface area contributed by atoms with Crippen LogP contribution in [0.2, 0.25) is 0 Å². The highest BCUT2D eigenvalue weighted by Gasteiger charge is 2.67. The molecule has 1 unspecified atom stereocenters. The highest BCUT2D eigenvalue weighted by Crippen LogP contribution is 2.38. The topological polar surface area (TPSA) is 43.1 Å². The van der Waals surface area contributed by atoms with Gasteiger partial charge in [0.1, 0.15) is 0 Å². The standard InChI is InChI=1S/C4H3F6NO/c5-1(6)3(7,2(11)12)4(8,9)10/h1H,(H2,11,12). The van der Waals surface area contributed by atoms with E-state index in [4.69, 9.17) is 0 Å². The summed E-state index contributed by atoms with van der Waals surface area (Å²) in [7, 11) is 0. The monoisotopic (exact) mass is 195 g/mol. The van der Waals surface area contributed by atoms with Crippen LogP contribution in [0.25, 0.3) is 0 Å². The van der Waals surface area contributed by atoms with Gasteiger partial charge in [-0.2, -0.15) is 13.2 Å². The van der Waals surface area contributed by atoms with Gasteiger partial charge in [-0.3, -0.25) is 4.79 Å². The fraction of sp³-hybridized carbons (Fsp3) is 0.750. The lowest BCUT2D eigenvalue weighted by Crippen LogP contribution is -2.56. The largest absolute Gasteiger partial charge is 0.437 e. The van der Waals surface area contributed by atoms with E-state index in [1.807, 2.05) is 0 Å². The third-order valence-corrected chi connectivity index (χ3v) is 1.07. The van der Waals surface area contributed by atoms with Crippen LogP contribution in [0.3, 0.4) is 0 Å². The molecule has 0 saturated carbocycles. The Hall–Kier alpha value is -0.950. The van der Waals surface area contributed by atoms with Crippen LogP contribution in [-0.4, -0.2) is 24.2 Å². The summed E-state index contributed by atoms with van der Waals surface area (Å²) < 4.78 is 69.4. The van der Waals surface area contributed by atoms with Crippen LogP contribution in [0.15, 0.2) is 0 Å². The summed E-state index contributed by atoms with van der Waals surface area (Å²) in [4.78, 5) is 9.76. The number of primary amides is 1. The van der Waals surface area contributed by atoms with E-state index in [2.05, 4.69) is 5.73 Å². The maximum Gasteiger partial charge on any atom is 0.437 e. The lowest BCUT2D eigenvalue weighted by molar-refractivity contribution is -0.256. The molecule has 0 aliphatic carbocycles. The molecular weight excluding hydrogens is 192 g/mol. The normalized spacial score (nSPS) is 17.6. The molecule has 0 aliphatic rings. The fourth-order valence-corrected chi connectivity index (χ4v) is 0.371. The summed E-state index contributed by atoms with van der Waals surface area (Å²) in [6, 6.07) is 0. The number of carbonyl (C=O) groups is 1. The first-order valence-corrected chi connectivity index (χ1v) is 2.47. The Bertz CT molecular complexity index is 188. The second-order valence-electron chi connectivity index (χ2n) is 1.87. The maximum absolute atomic E-state index is 12.2. The predicted octanol–water partition coefficient (Wildman–Crippen LogP) is 1.01. The highest BCUT2D eigenvalue weighted by molar-refractivity contribution is 5.84. The third-order valence-electron chi connectivity index (χ3n) is 1.07. The second-order valence-corrected chi connectivity index (χ2v) is 1.87. The zero-order valence-corrected chi connectivity index (χ0v) is 5.33. The number of nitrogens with two attached hydrogens (primary N) is 1. The van der Waals surface area contributed by atoms with Crippen LogP contribution in [0.1, 0.15) is 0 Å². The summed E-state index contributed by atoms with van der Waals surface area (Å²) in [5.41, 5.74) is -1.41. The van der Waals surface area contributed by atoms with Gasteiger partial charge in [-0.1, -0.05) is 0 Å². The smallest absolute Gasteiger partial charge is 0.366 e. The average molecular weight is 195 g/mol. The number of hydrogen-bond acceptors (Lipinski definition) is 1.